The number of halogens is 3. The van der Waals surface area contributed by atoms with E-state index < -0.39 is 11.9 Å². The summed E-state index contributed by atoms with van der Waals surface area (Å²) in [5.41, 5.74) is 6.80. The molecule has 0 aromatic heterocycles. The zero-order chi connectivity index (χ0) is 10.8. The summed E-state index contributed by atoms with van der Waals surface area (Å²) < 4.78 is 35.8. The number of anilines is 1. The molecule has 1 aromatic carbocycles. The molecule has 1 rings (SSSR count). The van der Waals surface area contributed by atoms with Crippen LogP contribution in [0.1, 0.15) is 5.56 Å². The van der Waals surface area contributed by atoms with Crippen LogP contribution >= 0.6 is 11.8 Å². The normalized spacial score (nSPS) is 11.7. The molecule has 0 spiro atoms. The summed E-state index contributed by atoms with van der Waals surface area (Å²) in [7, 11) is 0. The van der Waals surface area contributed by atoms with Crippen LogP contribution in [0, 0.1) is 6.92 Å². The van der Waals surface area contributed by atoms with E-state index in [-0.39, 0.29) is 0 Å². The van der Waals surface area contributed by atoms with Crippen molar-refractivity contribution in [2.24, 2.45) is 0 Å². The molecule has 1 aromatic rings. The van der Waals surface area contributed by atoms with E-state index in [2.05, 4.69) is 0 Å². The van der Waals surface area contributed by atoms with Gasteiger partial charge in [0.05, 0.1) is 5.75 Å². The first kappa shape index (κ1) is 11.2. The third kappa shape index (κ3) is 3.14. The third-order valence-electron chi connectivity index (χ3n) is 1.72. The fraction of sp³-hybridized carbons (Fsp3) is 0.333. The summed E-state index contributed by atoms with van der Waals surface area (Å²) in [5, 5.41) is 0. The molecule has 0 unspecified atom stereocenters. The number of hydrogen-bond donors (Lipinski definition) is 1. The Bertz CT molecular complexity index is 322. The van der Waals surface area contributed by atoms with Gasteiger partial charge >= 0.3 is 6.18 Å². The van der Waals surface area contributed by atoms with Gasteiger partial charge in [-0.3, -0.25) is 0 Å². The Hall–Kier alpha value is -0.840. The minimum absolute atomic E-state index is 0.525. The smallest absolute Gasteiger partial charge is 0.398 e. The maximum atomic E-state index is 11.9. The number of alkyl halides is 3. The molecule has 0 aliphatic heterocycles. The van der Waals surface area contributed by atoms with E-state index in [1.807, 2.05) is 0 Å². The predicted molar refractivity (Wildman–Crippen MR) is 52.4 cm³/mol. The Balaban J connectivity index is 2.73. The number of benzene rings is 1. The van der Waals surface area contributed by atoms with Crippen molar-refractivity contribution in [2.75, 3.05) is 11.5 Å². The van der Waals surface area contributed by atoms with E-state index in [1.54, 1.807) is 25.1 Å². The fourth-order valence-electron chi connectivity index (χ4n) is 0.947. The molecule has 0 aliphatic rings. The number of rotatable bonds is 2. The highest BCUT2D eigenvalue weighted by molar-refractivity contribution is 7.99. The van der Waals surface area contributed by atoms with Gasteiger partial charge in [-0.25, -0.2) is 0 Å². The van der Waals surface area contributed by atoms with Crippen LogP contribution in [-0.4, -0.2) is 11.9 Å². The largest absolute Gasteiger partial charge is 0.398 e. The third-order valence-corrected chi connectivity index (χ3v) is 2.94. The van der Waals surface area contributed by atoms with E-state index >= 15 is 0 Å². The minimum atomic E-state index is -4.14. The second-order valence-electron chi connectivity index (χ2n) is 2.87. The van der Waals surface area contributed by atoms with Crippen LogP contribution in [0.2, 0.25) is 0 Å². The molecule has 0 bridgehead atoms. The van der Waals surface area contributed by atoms with Gasteiger partial charge in [0, 0.05) is 10.6 Å². The lowest BCUT2D eigenvalue weighted by Gasteiger charge is -2.09. The lowest BCUT2D eigenvalue weighted by Crippen LogP contribution is -2.10. The van der Waals surface area contributed by atoms with Crippen molar-refractivity contribution in [3.63, 3.8) is 0 Å². The summed E-state index contributed by atoms with van der Waals surface area (Å²) in [6.07, 6.45) is -4.14. The highest BCUT2D eigenvalue weighted by Gasteiger charge is 2.27. The highest BCUT2D eigenvalue weighted by Crippen LogP contribution is 2.31. The molecular weight excluding hydrogens is 211 g/mol. The molecule has 0 heterocycles. The van der Waals surface area contributed by atoms with E-state index in [9.17, 15) is 13.2 Å². The van der Waals surface area contributed by atoms with Crippen LogP contribution in [0.15, 0.2) is 23.1 Å². The molecule has 1 nitrogen and oxygen atoms in total. The fourth-order valence-corrected chi connectivity index (χ4v) is 1.78. The second kappa shape index (κ2) is 4.13. The molecule has 0 atom stereocenters. The molecule has 0 radical (unpaired) electrons. The van der Waals surface area contributed by atoms with Crippen molar-refractivity contribution in [1.82, 2.24) is 0 Å². The lowest BCUT2D eigenvalue weighted by molar-refractivity contribution is -0.105. The van der Waals surface area contributed by atoms with E-state index in [0.29, 0.717) is 16.1 Å². The van der Waals surface area contributed by atoms with Gasteiger partial charge in [0.15, 0.2) is 0 Å². The van der Waals surface area contributed by atoms with Crippen molar-refractivity contribution in [1.29, 1.82) is 0 Å². The Morgan fingerprint density at radius 2 is 2.00 bits per heavy atom. The van der Waals surface area contributed by atoms with Gasteiger partial charge in [-0.05, 0) is 24.6 Å². The van der Waals surface area contributed by atoms with E-state index in [4.69, 9.17) is 5.73 Å². The predicted octanol–water partition coefficient (Wildman–Crippen LogP) is 3.23. The molecule has 5 heteroatoms. The Morgan fingerprint density at radius 3 is 2.57 bits per heavy atom. The van der Waals surface area contributed by atoms with Crippen molar-refractivity contribution in [3.8, 4) is 0 Å². The van der Waals surface area contributed by atoms with E-state index in [1.165, 1.54) is 0 Å². The molecule has 0 saturated carbocycles. The first-order valence-electron chi connectivity index (χ1n) is 3.95. The molecule has 0 fully saturated rings. The monoisotopic (exact) mass is 221 g/mol. The molecule has 78 valence electrons. The SMILES string of the molecule is Cc1c(N)cccc1SCC(F)(F)F. The van der Waals surface area contributed by atoms with Crippen molar-refractivity contribution < 1.29 is 13.2 Å². The number of nitrogen functional groups attached to an aromatic ring is 1. The van der Waals surface area contributed by atoms with Crippen LogP contribution in [0.5, 0.6) is 0 Å². The number of hydrogen-bond acceptors (Lipinski definition) is 2. The summed E-state index contributed by atoms with van der Waals surface area (Å²) in [4.78, 5) is 0.585. The van der Waals surface area contributed by atoms with Gasteiger partial charge in [-0.1, -0.05) is 6.07 Å². The minimum Gasteiger partial charge on any atom is -0.398 e. The van der Waals surface area contributed by atoms with Crippen molar-refractivity contribution in [3.05, 3.63) is 23.8 Å². The molecule has 14 heavy (non-hydrogen) atoms. The van der Waals surface area contributed by atoms with Gasteiger partial charge in [0.2, 0.25) is 0 Å². The van der Waals surface area contributed by atoms with Crippen LogP contribution in [0.4, 0.5) is 18.9 Å². The highest BCUT2D eigenvalue weighted by atomic mass is 32.2. The van der Waals surface area contributed by atoms with Gasteiger partial charge in [-0.2, -0.15) is 13.2 Å². The quantitative estimate of drug-likeness (QED) is 0.613. The first-order valence-corrected chi connectivity index (χ1v) is 4.93. The summed E-state index contributed by atoms with van der Waals surface area (Å²) in [6.45, 7) is 1.72. The topological polar surface area (TPSA) is 26.0 Å². The van der Waals surface area contributed by atoms with Crippen molar-refractivity contribution in [2.45, 2.75) is 18.0 Å². The van der Waals surface area contributed by atoms with Gasteiger partial charge in [-0.15, -0.1) is 11.8 Å². The Labute approximate surface area is 84.5 Å². The maximum absolute atomic E-state index is 11.9. The molecule has 0 amide bonds. The first-order chi connectivity index (χ1) is 6.40. The summed E-state index contributed by atoms with van der Waals surface area (Å²) in [6, 6.07) is 4.97. The average Bonchev–Trinajstić information content (AvgIpc) is 2.06. The Kier molecular flexibility index (Phi) is 3.31. The standard InChI is InChI=1S/C9H10F3NS/c1-6-7(13)3-2-4-8(6)14-5-9(10,11)12/h2-4H,5,13H2,1H3. The molecule has 2 N–H and O–H groups in total. The maximum Gasteiger partial charge on any atom is 0.398 e. The van der Waals surface area contributed by atoms with Gasteiger partial charge in [0.25, 0.3) is 0 Å². The Morgan fingerprint density at radius 1 is 1.36 bits per heavy atom. The van der Waals surface area contributed by atoms with Gasteiger partial charge < -0.3 is 5.73 Å². The van der Waals surface area contributed by atoms with Crippen molar-refractivity contribution >= 4 is 17.4 Å². The second-order valence-corrected chi connectivity index (χ2v) is 3.89. The zero-order valence-corrected chi connectivity index (χ0v) is 8.38. The molecule has 0 saturated heterocycles. The summed E-state index contributed by atoms with van der Waals surface area (Å²) in [5.74, 6) is -0.878. The van der Waals surface area contributed by atoms with Crippen LogP contribution in [0.25, 0.3) is 0 Å². The van der Waals surface area contributed by atoms with Crippen LogP contribution < -0.4 is 5.73 Å². The zero-order valence-electron chi connectivity index (χ0n) is 7.56. The number of nitrogens with two attached hydrogens (primary N) is 1. The lowest BCUT2D eigenvalue weighted by atomic mass is 10.2. The van der Waals surface area contributed by atoms with Crippen LogP contribution in [-0.2, 0) is 0 Å². The number of thioether (sulfide) groups is 1. The average molecular weight is 221 g/mol. The van der Waals surface area contributed by atoms with Crippen LogP contribution in [0.3, 0.4) is 0 Å². The molecular formula is C9H10F3NS. The van der Waals surface area contributed by atoms with E-state index in [0.717, 1.165) is 11.8 Å². The van der Waals surface area contributed by atoms with Gasteiger partial charge in [0.1, 0.15) is 0 Å². The molecule has 0 aliphatic carbocycles. The summed E-state index contributed by atoms with van der Waals surface area (Å²) >= 11 is 0.763.